The summed E-state index contributed by atoms with van der Waals surface area (Å²) in [6.45, 7) is 5.95. The van der Waals surface area contributed by atoms with Crippen LogP contribution in [0.1, 0.15) is 49.3 Å². The van der Waals surface area contributed by atoms with Crippen molar-refractivity contribution in [2.24, 2.45) is 0 Å². The van der Waals surface area contributed by atoms with Gasteiger partial charge in [-0.15, -0.1) is 0 Å². The molecule has 0 N–H and O–H groups in total. The standard InChI is InChI=1S/C31H33NO4S2/c1-4-22(2)25-12-14-26(15-13-25)35-17-8-18-36-27-16-11-24(19-28(27)34-3)20-29-30(33)32(31(37)38-29)21-23-9-6-5-7-10-23/h5-7,9-16,19-20,22H,4,8,17-18,21H2,1-3H3/b29-20+/t22-/m1/s1. The maximum Gasteiger partial charge on any atom is 0.266 e. The smallest absolute Gasteiger partial charge is 0.266 e. The van der Waals surface area contributed by atoms with E-state index in [2.05, 4.69) is 26.0 Å². The molecule has 1 aliphatic heterocycles. The highest BCUT2D eigenvalue weighted by molar-refractivity contribution is 8.26. The van der Waals surface area contributed by atoms with Gasteiger partial charge in [-0.3, -0.25) is 9.69 Å². The van der Waals surface area contributed by atoms with Crippen molar-refractivity contribution >= 4 is 40.3 Å². The van der Waals surface area contributed by atoms with Gasteiger partial charge in [0.25, 0.3) is 5.91 Å². The molecule has 3 aromatic rings. The molecule has 0 bridgehead atoms. The van der Waals surface area contributed by atoms with Crippen molar-refractivity contribution in [2.75, 3.05) is 20.3 Å². The van der Waals surface area contributed by atoms with Gasteiger partial charge in [0.2, 0.25) is 0 Å². The predicted octanol–water partition coefficient (Wildman–Crippen LogP) is 7.46. The van der Waals surface area contributed by atoms with Crippen molar-refractivity contribution < 1.29 is 19.0 Å². The van der Waals surface area contributed by atoms with Gasteiger partial charge in [0.1, 0.15) is 10.1 Å². The van der Waals surface area contributed by atoms with Gasteiger partial charge < -0.3 is 14.2 Å². The SMILES string of the molecule is CC[C@@H](C)c1ccc(OCCCOc2ccc(/C=C3/SC(=S)N(Cc4ccccc4)C3=O)cc2OC)cc1. The Bertz CT molecular complexity index is 1270. The Morgan fingerprint density at radius 2 is 1.71 bits per heavy atom. The molecule has 1 aliphatic rings. The Morgan fingerprint density at radius 1 is 0.974 bits per heavy atom. The fraction of sp³-hybridized carbons (Fsp3) is 0.290. The maximum atomic E-state index is 13.0. The first kappa shape index (κ1) is 27.7. The third-order valence-corrected chi connectivity index (χ3v) is 7.80. The summed E-state index contributed by atoms with van der Waals surface area (Å²) in [6, 6.07) is 23.8. The van der Waals surface area contributed by atoms with Crippen LogP contribution in [0.4, 0.5) is 0 Å². The van der Waals surface area contributed by atoms with Crippen LogP contribution >= 0.6 is 24.0 Å². The molecule has 0 spiro atoms. The van der Waals surface area contributed by atoms with E-state index in [0.717, 1.165) is 29.7 Å². The molecule has 0 aromatic heterocycles. The van der Waals surface area contributed by atoms with Crippen LogP contribution in [-0.2, 0) is 11.3 Å². The van der Waals surface area contributed by atoms with E-state index in [1.165, 1.54) is 17.3 Å². The minimum atomic E-state index is -0.0855. The first-order chi connectivity index (χ1) is 18.5. The number of hydrogen-bond acceptors (Lipinski definition) is 6. The first-order valence-electron chi connectivity index (χ1n) is 12.8. The van der Waals surface area contributed by atoms with Crippen LogP contribution in [0.5, 0.6) is 17.2 Å². The number of thioether (sulfide) groups is 1. The maximum absolute atomic E-state index is 13.0. The minimum absolute atomic E-state index is 0.0855. The molecule has 1 heterocycles. The van der Waals surface area contributed by atoms with Gasteiger partial charge in [-0.25, -0.2) is 0 Å². The van der Waals surface area contributed by atoms with E-state index in [-0.39, 0.29) is 5.91 Å². The molecule has 38 heavy (non-hydrogen) atoms. The molecule has 198 valence electrons. The number of amides is 1. The summed E-state index contributed by atoms with van der Waals surface area (Å²) in [5, 5.41) is 0. The number of methoxy groups -OCH3 is 1. The van der Waals surface area contributed by atoms with Gasteiger partial charge in [-0.05, 0) is 59.4 Å². The lowest BCUT2D eigenvalue weighted by Gasteiger charge is -2.14. The van der Waals surface area contributed by atoms with Crippen molar-refractivity contribution in [3.8, 4) is 17.2 Å². The van der Waals surface area contributed by atoms with E-state index in [4.69, 9.17) is 26.4 Å². The quantitative estimate of drug-likeness (QED) is 0.133. The van der Waals surface area contributed by atoms with Gasteiger partial charge in [0.05, 0.1) is 31.8 Å². The minimum Gasteiger partial charge on any atom is -0.493 e. The molecule has 7 heteroatoms. The average Bonchev–Trinajstić information content (AvgIpc) is 3.21. The molecule has 1 saturated heterocycles. The average molecular weight is 548 g/mol. The van der Waals surface area contributed by atoms with Crippen LogP contribution in [0.3, 0.4) is 0 Å². The summed E-state index contributed by atoms with van der Waals surface area (Å²) >= 11 is 6.79. The number of thiocarbonyl (C=S) groups is 1. The first-order valence-corrected chi connectivity index (χ1v) is 14.0. The van der Waals surface area contributed by atoms with Crippen molar-refractivity contribution in [1.29, 1.82) is 0 Å². The number of hydrogen-bond donors (Lipinski definition) is 0. The fourth-order valence-corrected chi connectivity index (χ4v) is 5.26. The number of carbonyl (C=O) groups excluding carboxylic acids is 1. The highest BCUT2D eigenvalue weighted by Crippen LogP contribution is 2.35. The third kappa shape index (κ3) is 7.17. The molecule has 0 saturated carbocycles. The second-order valence-corrected chi connectivity index (χ2v) is 10.8. The normalized spacial score (nSPS) is 15.1. The second kappa shape index (κ2) is 13.5. The van der Waals surface area contributed by atoms with E-state index >= 15 is 0 Å². The highest BCUT2D eigenvalue weighted by atomic mass is 32.2. The summed E-state index contributed by atoms with van der Waals surface area (Å²) in [4.78, 5) is 15.2. The fourth-order valence-electron chi connectivity index (χ4n) is 4.01. The van der Waals surface area contributed by atoms with Gasteiger partial charge in [-0.2, -0.15) is 0 Å². The molecule has 0 aliphatic carbocycles. The number of carbonyl (C=O) groups is 1. The monoisotopic (exact) mass is 547 g/mol. The molecule has 4 rings (SSSR count). The van der Waals surface area contributed by atoms with E-state index in [9.17, 15) is 4.79 Å². The zero-order valence-electron chi connectivity index (χ0n) is 22.0. The predicted molar refractivity (Wildman–Crippen MR) is 159 cm³/mol. The zero-order chi connectivity index (χ0) is 26.9. The summed E-state index contributed by atoms with van der Waals surface area (Å²) in [5.41, 5.74) is 3.22. The van der Waals surface area contributed by atoms with Crippen LogP contribution < -0.4 is 14.2 Å². The van der Waals surface area contributed by atoms with Crippen molar-refractivity contribution in [1.82, 2.24) is 4.90 Å². The molecule has 3 aromatic carbocycles. The molecule has 1 atom stereocenters. The van der Waals surface area contributed by atoms with E-state index < -0.39 is 0 Å². The Kier molecular flexibility index (Phi) is 9.85. The highest BCUT2D eigenvalue weighted by Gasteiger charge is 2.32. The lowest BCUT2D eigenvalue weighted by atomic mass is 9.99. The Labute approximate surface area is 234 Å². The Hall–Kier alpha value is -3.29. The van der Waals surface area contributed by atoms with Crippen LogP contribution in [0.25, 0.3) is 6.08 Å². The Morgan fingerprint density at radius 3 is 2.42 bits per heavy atom. The van der Waals surface area contributed by atoms with Crippen molar-refractivity contribution in [2.45, 2.75) is 39.2 Å². The van der Waals surface area contributed by atoms with Crippen LogP contribution in [0.15, 0.2) is 77.7 Å². The van der Waals surface area contributed by atoms with Crippen LogP contribution in [0, 0.1) is 0 Å². The molecular weight excluding hydrogens is 514 g/mol. The summed E-state index contributed by atoms with van der Waals surface area (Å²) < 4.78 is 17.9. The zero-order valence-corrected chi connectivity index (χ0v) is 23.6. The van der Waals surface area contributed by atoms with Gasteiger partial charge in [0.15, 0.2) is 11.5 Å². The Balaban J connectivity index is 1.30. The second-order valence-electron chi connectivity index (χ2n) is 9.09. The molecule has 1 fully saturated rings. The molecule has 5 nitrogen and oxygen atoms in total. The molecule has 0 unspecified atom stereocenters. The van der Waals surface area contributed by atoms with Gasteiger partial charge in [0, 0.05) is 6.42 Å². The van der Waals surface area contributed by atoms with Crippen LogP contribution in [0.2, 0.25) is 0 Å². The van der Waals surface area contributed by atoms with Crippen molar-refractivity contribution in [3.05, 3.63) is 94.4 Å². The van der Waals surface area contributed by atoms with E-state index in [1.54, 1.807) is 12.0 Å². The number of nitrogens with zero attached hydrogens (tertiary/aromatic N) is 1. The van der Waals surface area contributed by atoms with Gasteiger partial charge >= 0.3 is 0 Å². The topological polar surface area (TPSA) is 48.0 Å². The molecule has 0 radical (unpaired) electrons. The number of ether oxygens (including phenoxy) is 3. The summed E-state index contributed by atoms with van der Waals surface area (Å²) in [5.74, 6) is 2.60. The van der Waals surface area contributed by atoms with Crippen molar-refractivity contribution in [3.63, 3.8) is 0 Å². The molecular formula is C31H33NO4S2. The number of rotatable bonds is 12. The van der Waals surface area contributed by atoms with Gasteiger partial charge in [-0.1, -0.05) is 86.4 Å². The third-order valence-electron chi connectivity index (χ3n) is 6.42. The van der Waals surface area contributed by atoms with E-state index in [1.807, 2.05) is 66.7 Å². The largest absolute Gasteiger partial charge is 0.493 e. The number of benzene rings is 3. The molecule has 1 amide bonds. The lowest BCUT2D eigenvalue weighted by molar-refractivity contribution is -0.122. The summed E-state index contributed by atoms with van der Waals surface area (Å²) in [7, 11) is 1.61. The summed E-state index contributed by atoms with van der Waals surface area (Å²) in [6.07, 6.45) is 3.71. The van der Waals surface area contributed by atoms with E-state index in [0.29, 0.717) is 46.4 Å². The lowest BCUT2D eigenvalue weighted by Crippen LogP contribution is -2.27. The van der Waals surface area contributed by atoms with Crippen LogP contribution in [-0.4, -0.2) is 35.5 Å².